The minimum atomic E-state index is 0.831. The van der Waals surface area contributed by atoms with E-state index in [4.69, 9.17) is 0 Å². The molecule has 0 spiro atoms. The summed E-state index contributed by atoms with van der Waals surface area (Å²) in [7, 11) is 0. The molecule has 1 radical (unpaired) electrons. The van der Waals surface area contributed by atoms with Gasteiger partial charge >= 0.3 is 0 Å². The Morgan fingerprint density at radius 3 is 1.94 bits per heavy atom. The van der Waals surface area contributed by atoms with Crippen LogP contribution in [0.3, 0.4) is 0 Å². The summed E-state index contributed by atoms with van der Waals surface area (Å²) < 4.78 is 0. The molecule has 0 saturated heterocycles. The van der Waals surface area contributed by atoms with Crippen LogP contribution in [0.1, 0.15) is 98.3 Å². The van der Waals surface area contributed by atoms with Gasteiger partial charge in [-0.1, -0.05) is 98.3 Å². The third kappa shape index (κ3) is 11.1. The van der Waals surface area contributed by atoms with Gasteiger partial charge in [-0.05, 0) is 18.3 Å². The largest absolute Gasteiger partial charge is 0.0654 e. The second-order valence-electron chi connectivity index (χ2n) is 6.06. The van der Waals surface area contributed by atoms with Crippen LogP contribution in [0.4, 0.5) is 0 Å². The maximum Gasteiger partial charge on any atom is -0.0326 e. The van der Waals surface area contributed by atoms with E-state index in [1.54, 1.807) is 0 Å². The number of hydrogen-bond acceptors (Lipinski definition) is 0. The van der Waals surface area contributed by atoms with Crippen molar-refractivity contribution in [3.63, 3.8) is 0 Å². The molecule has 2 atom stereocenters. The van der Waals surface area contributed by atoms with Crippen LogP contribution in [0.5, 0.6) is 0 Å². The smallest absolute Gasteiger partial charge is 0.0326 e. The minimum absolute atomic E-state index is 0.831. The quantitative estimate of drug-likeness (QED) is 0.317. The van der Waals surface area contributed by atoms with Gasteiger partial charge in [0.2, 0.25) is 0 Å². The zero-order valence-electron chi connectivity index (χ0n) is 13.5. The Morgan fingerprint density at radius 2 is 1.33 bits per heavy atom. The number of hydrogen-bond donors (Lipinski definition) is 0. The van der Waals surface area contributed by atoms with Crippen molar-refractivity contribution in [3.8, 4) is 0 Å². The van der Waals surface area contributed by atoms with Crippen molar-refractivity contribution in [2.45, 2.75) is 98.3 Å². The van der Waals surface area contributed by atoms with Crippen LogP contribution in [-0.2, 0) is 0 Å². The summed E-state index contributed by atoms with van der Waals surface area (Å²) in [6, 6.07) is 0. The molecule has 0 aromatic heterocycles. The molecule has 0 heterocycles. The Hall–Kier alpha value is 0. The molecule has 0 aliphatic rings. The maximum atomic E-state index is 2.67. The molecule has 18 heavy (non-hydrogen) atoms. The van der Waals surface area contributed by atoms with Crippen LogP contribution in [0.15, 0.2) is 0 Å². The Morgan fingerprint density at radius 1 is 0.667 bits per heavy atom. The molecule has 0 bridgehead atoms. The first kappa shape index (κ1) is 18.0. The first-order chi connectivity index (χ1) is 8.74. The first-order valence-corrected chi connectivity index (χ1v) is 8.59. The lowest BCUT2D eigenvalue weighted by atomic mass is 9.86. The fourth-order valence-corrected chi connectivity index (χ4v) is 2.80. The maximum absolute atomic E-state index is 2.67. The van der Waals surface area contributed by atoms with Crippen molar-refractivity contribution in [1.29, 1.82) is 0 Å². The standard InChI is InChI=1S/C18H37/c1-5-8-10-11-12-15-18(13-7-3)16-17(4)14-9-6-2/h16-18H,5-15H2,1-4H3. The summed E-state index contributed by atoms with van der Waals surface area (Å²) >= 11 is 0. The zero-order valence-corrected chi connectivity index (χ0v) is 13.5. The van der Waals surface area contributed by atoms with E-state index < -0.39 is 0 Å². The lowest BCUT2D eigenvalue weighted by Crippen LogP contribution is -2.08. The second-order valence-corrected chi connectivity index (χ2v) is 6.06. The SMILES string of the molecule is CCCCCCCC([CH]C(C)CCCC)CCC. The predicted molar refractivity (Wildman–Crippen MR) is 84.8 cm³/mol. The molecule has 0 saturated carbocycles. The molecule has 0 aromatic carbocycles. The van der Waals surface area contributed by atoms with Crippen LogP contribution >= 0.6 is 0 Å². The van der Waals surface area contributed by atoms with E-state index in [0.29, 0.717) is 0 Å². The highest BCUT2D eigenvalue weighted by Crippen LogP contribution is 2.25. The van der Waals surface area contributed by atoms with Gasteiger partial charge in [-0.15, -0.1) is 0 Å². The molecular weight excluding hydrogens is 216 g/mol. The Balaban J connectivity index is 3.69. The second kappa shape index (κ2) is 13.4. The van der Waals surface area contributed by atoms with Crippen LogP contribution in [0.2, 0.25) is 0 Å². The summed E-state index contributed by atoms with van der Waals surface area (Å²) in [6.07, 6.45) is 18.1. The lowest BCUT2D eigenvalue weighted by Gasteiger charge is -2.20. The van der Waals surface area contributed by atoms with Gasteiger partial charge in [0.15, 0.2) is 0 Å². The Kier molecular flexibility index (Phi) is 13.4. The van der Waals surface area contributed by atoms with E-state index in [-0.39, 0.29) is 0 Å². The van der Waals surface area contributed by atoms with Crippen molar-refractivity contribution in [3.05, 3.63) is 6.42 Å². The summed E-state index contributed by atoms with van der Waals surface area (Å²) in [5, 5.41) is 0. The Bertz CT molecular complexity index is 150. The molecule has 0 aromatic rings. The molecule has 0 N–H and O–H groups in total. The number of rotatable bonds is 13. The van der Waals surface area contributed by atoms with Gasteiger partial charge in [0, 0.05) is 0 Å². The molecule has 0 heteroatoms. The highest BCUT2D eigenvalue weighted by molar-refractivity contribution is 4.81. The highest BCUT2D eigenvalue weighted by atomic mass is 14.2. The van der Waals surface area contributed by atoms with Gasteiger partial charge in [0.25, 0.3) is 0 Å². The summed E-state index contributed by atoms with van der Waals surface area (Å²) in [4.78, 5) is 0. The third-order valence-electron chi connectivity index (χ3n) is 3.95. The molecule has 0 amide bonds. The van der Waals surface area contributed by atoms with Crippen molar-refractivity contribution in [2.24, 2.45) is 11.8 Å². The minimum Gasteiger partial charge on any atom is -0.0654 e. The first-order valence-electron chi connectivity index (χ1n) is 8.59. The van der Waals surface area contributed by atoms with Crippen molar-refractivity contribution >= 4 is 0 Å². The van der Waals surface area contributed by atoms with Crippen LogP contribution in [0.25, 0.3) is 0 Å². The highest BCUT2D eigenvalue weighted by Gasteiger charge is 2.12. The van der Waals surface area contributed by atoms with Crippen LogP contribution < -0.4 is 0 Å². The monoisotopic (exact) mass is 253 g/mol. The summed E-state index contributed by atoms with van der Waals surface area (Å²) in [6.45, 7) is 9.33. The summed E-state index contributed by atoms with van der Waals surface area (Å²) in [5.74, 6) is 1.72. The molecule has 0 rings (SSSR count). The van der Waals surface area contributed by atoms with Gasteiger partial charge in [0.1, 0.15) is 0 Å². The van der Waals surface area contributed by atoms with Gasteiger partial charge in [-0.3, -0.25) is 0 Å². The molecule has 0 fully saturated rings. The predicted octanol–water partition coefficient (Wildman–Crippen LogP) is 6.79. The fourth-order valence-electron chi connectivity index (χ4n) is 2.80. The molecule has 0 aliphatic carbocycles. The Labute approximate surface area is 117 Å². The van der Waals surface area contributed by atoms with Crippen molar-refractivity contribution < 1.29 is 0 Å². The molecule has 2 unspecified atom stereocenters. The van der Waals surface area contributed by atoms with Gasteiger partial charge in [0.05, 0.1) is 0 Å². The molecule has 0 nitrogen and oxygen atoms in total. The average molecular weight is 253 g/mol. The normalized spacial score (nSPS) is 14.7. The van der Waals surface area contributed by atoms with Gasteiger partial charge in [-0.2, -0.15) is 0 Å². The van der Waals surface area contributed by atoms with E-state index in [2.05, 4.69) is 34.1 Å². The van der Waals surface area contributed by atoms with E-state index in [0.717, 1.165) is 11.8 Å². The molecular formula is C18H37. The van der Waals surface area contributed by atoms with E-state index in [1.165, 1.54) is 70.6 Å². The topological polar surface area (TPSA) is 0 Å². The van der Waals surface area contributed by atoms with Gasteiger partial charge in [-0.25, -0.2) is 0 Å². The molecule has 109 valence electrons. The molecule has 0 aliphatic heterocycles. The number of unbranched alkanes of at least 4 members (excludes halogenated alkanes) is 5. The average Bonchev–Trinajstić information content (AvgIpc) is 2.36. The van der Waals surface area contributed by atoms with Crippen LogP contribution in [-0.4, -0.2) is 0 Å². The fraction of sp³-hybridized carbons (Fsp3) is 0.944. The van der Waals surface area contributed by atoms with Crippen LogP contribution in [0, 0.1) is 18.3 Å². The van der Waals surface area contributed by atoms with E-state index in [9.17, 15) is 0 Å². The van der Waals surface area contributed by atoms with E-state index in [1.807, 2.05) is 0 Å². The van der Waals surface area contributed by atoms with Crippen molar-refractivity contribution in [1.82, 2.24) is 0 Å². The third-order valence-corrected chi connectivity index (χ3v) is 3.95. The van der Waals surface area contributed by atoms with Gasteiger partial charge < -0.3 is 0 Å². The van der Waals surface area contributed by atoms with E-state index >= 15 is 0 Å². The van der Waals surface area contributed by atoms with Crippen molar-refractivity contribution in [2.75, 3.05) is 0 Å². The zero-order chi connectivity index (χ0) is 13.6. The summed E-state index contributed by atoms with van der Waals surface area (Å²) in [5.41, 5.74) is 0. The lowest BCUT2D eigenvalue weighted by molar-refractivity contribution is 0.412.